The van der Waals surface area contributed by atoms with Crippen LogP contribution in [0.25, 0.3) is 0 Å². The van der Waals surface area contributed by atoms with Gasteiger partial charge in [0, 0.05) is 30.0 Å². The molecule has 2 aromatic carbocycles. The number of halogens is 1. The van der Waals surface area contributed by atoms with Crippen molar-refractivity contribution in [3.63, 3.8) is 0 Å². The molecule has 0 radical (unpaired) electrons. The van der Waals surface area contributed by atoms with Crippen LogP contribution < -0.4 is 0 Å². The molecule has 3 nitrogen and oxygen atoms in total. The van der Waals surface area contributed by atoms with Gasteiger partial charge >= 0.3 is 0 Å². The van der Waals surface area contributed by atoms with E-state index in [0.717, 1.165) is 41.7 Å². The van der Waals surface area contributed by atoms with Crippen molar-refractivity contribution < 1.29 is 10.2 Å². The Bertz CT molecular complexity index is 729. The molecule has 1 atom stereocenters. The molecule has 0 fully saturated rings. The first kappa shape index (κ1) is 16.1. The van der Waals surface area contributed by atoms with Crippen LogP contribution in [0.2, 0.25) is 0 Å². The maximum absolute atomic E-state index is 9.98. The Morgan fingerprint density at radius 3 is 2.65 bits per heavy atom. The third-order valence-corrected chi connectivity index (χ3v) is 5.14. The quantitative estimate of drug-likeness (QED) is 0.630. The van der Waals surface area contributed by atoms with Crippen molar-refractivity contribution in [1.82, 2.24) is 4.90 Å². The lowest BCUT2D eigenvalue weighted by molar-refractivity contribution is 0.306. The van der Waals surface area contributed by atoms with Crippen LogP contribution in [0.3, 0.4) is 0 Å². The molecule has 0 saturated heterocycles. The Labute approximate surface area is 145 Å². The number of benzene rings is 2. The maximum Gasteiger partial charge on any atom is 0.157 e. The van der Waals surface area contributed by atoms with Gasteiger partial charge in [-0.05, 0) is 41.3 Å². The van der Waals surface area contributed by atoms with E-state index in [1.54, 1.807) is 12.1 Å². The summed E-state index contributed by atoms with van der Waals surface area (Å²) in [5.74, 6) is 0.0271. The van der Waals surface area contributed by atoms with Crippen LogP contribution >= 0.6 is 15.9 Å². The highest BCUT2D eigenvalue weighted by atomic mass is 79.9. The first-order chi connectivity index (χ1) is 11.1. The summed E-state index contributed by atoms with van der Waals surface area (Å²) in [6, 6.07) is 11.6. The normalized spacial score (nSPS) is 18.2. The highest BCUT2D eigenvalue weighted by Gasteiger charge is 2.26. The number of phenolic OH excluding ortho intramolecular Hbond substituents is 2. The minimum Gasteiger partial charge on any atom is -0.504 e. The van der Waals surface area contributed by atoms with E-state index in [1.807, 2.05) is 24.3 Å². The number of phenols is 2. The van der Waals surface area contributed by atoms with E-state index < -0.39 is 0 Å². The van der Waals surface area contributed by atoms with Crippen molar-refractivity contribution in [2.75, 3.05) is 19.6 Å². The van der Waals surface area contributed by atoms with Gasteiger partial charge in [-0.2, -0.15) is 0 Å². The monoisotopic (exact) mass is 373 g/mol. The predicted octanol–water partition coefficient (Wildman–Crippen LogP) is 4.04. The topological polar surface area (TPSA) is 43.7 Å². The van der Waals surface area contributed by atoms with Crippen molar-refractivity contribution in [2.45, 2.75) is 12.3 Å². The highest BCUT2D eigenvalue weighted by molar-refractivity contribution is 9.10. The Kier molecular flexibility index (Phi) is 4.74. The fraction of sp³-hybridized carbons (Fsp3) is 0.263. The molecule has 0 aliphatic carbocycles. The van der Waals surface area contributed by atoms with Gasteiger partial charge in [0.1, 0.15) is 0 Å². The van der Waals surface area contributed by atoms with Gasteiger partial charge in [0.15, 0.2) is 11.5 Å². The zero-order valence-corrected chi connectivity index (χ0v) is 14.5. The fourth-order valence-electron chi connectivity index (χ4n) is 3.28. The van der Waals surface area contributed by atoms with Gasteiger partial charge in [-0.3, -0.25) is 4.90 Å². The standard InChI is InChI=1S/C19H20BrNO2/c1-2-8-21-9-7-13-10-18(22)19(23)11-15(13)16(12-21)14-5-3-4-6-17(14)20/h2-6,10-11,16,22-23H,1,7-9,12H2. The Morgan fingerprint density at radius 1 is 1.17 bits per heavy atom. The average molecular weight is 374 g/mol. The van der Waals surface area contributed by atoms with E-state index in [4.69, 9.17) is 0 Å². The third-order valence-electron chi connectivity index (χ3n) is 4.42. The van der Waals surface area contributed by atoms with Gasteiger partial charge < -0.3 is 10.2 Å². The zero-order valence-electron chi connectivity index (χ0n) is 12.9. The lowest BCUT2D eigenvalue weighted by Gasteiger charge is -2.25. The second-order valence-corrected chi connectivity index (χ2v) is 6.77. The molecule has 23 heavy (non-hydrogen) atoms. The fourth-order valence-corrected chi connectivity index (χ4v) is 3.84. The van der Waals surface area contributed by atoms with Gasteiger partial charge in [0.25, 0.3) is 0 Å². The van der Waals surface area contributed by atoms with Crippen LogP contribution in [-0.2, 0) is 6.42 Å². The summed E-state index contributed by atoms with van der Waals surface area (Å²) in [5.41, 5.74) is 3.36. The Balaban J connectivity index is 2.12. The van der Waals surface area contributed by atoms with Crippen molar-refractivity contribution in [3.8, 4) is 11.5 Å². The van der Waals surface area contributed by atoms with Crippen molar-refractivity contribution in [1.29, 1.82) is 0 Å². The lowest BCUT2D eigenvalue weighted by Crippen LogP contribution is -2.29. The van der Waals surface area contributed by atoms with Gasteiger partial charge in [-0.25, -0.2) is 0 Å². The molecule has 2 aromatic rings. The molecule has 120 valence electrons. The molecule has 1 heterocycles. The number of nitrogens with zero attached hydrogens (tertiary/aromatic N) is 1. The van der Waals surface area contributed by atoms with Crippen LogP contribution in [0.1, 0.15) is 22.6 Å². The number of rotatable bonds is 3. The summed E-state index contributed by atoms with van der Waals surface area (Å²) in [6.45, 7) is 6.43. The molecule has 4 heteroatoms. The highest BCUT2D eigenvalue weighted by Crippen LogP contribution is 2.39. The van der Waals surface area contributed by atoms with E-state index in [1.165, 1.54) is 5.56 Å². The predicted molar refractivity (Wildman–Crippen MR) is 96.1 cm³/mol. The van der Waals surface area contributed by atoms with Crippen LogP contribution in [0.15, 0.2) is 53.5 Å². The molecule has 0 spiro atoms. The van der Waals surface area contributed by atoms with E-state index in [-0.39, 0.29) is 17.4 Å². The molecular weight excluding hydrogens is 354 g/mol. The molecule has 0 aromatic heterocycles. The van der Waals surface area contributed by atoms with E-state index >= 15 is 0 Å². The maximum atomic E-state index is 9.98. The minimum atomic E-state index is -0.0574. The molecule has 1 aliphatic heterocycles. The smallest absolute Gasteiger partial charge is 0.157 e. The summed E-state index contributed by atoms with van der Waals surface area (Å²) in [6.07, 6.45) is 2.76. The summed E-state index contributed by atoms with van der Waals surface area (Å²) < 4.78 is 1.06. The summed E-state index contributed by atoms with van der Waals surface area (Å²) in [4.78, 5) is 2.35. The molecule has 2 N–H and O–H groups in total. The first-order valence-electron chi connectivity index (χ1n) is 7.72. The molecule has 0 saturated carbocycles. The largest absolute Gasteiger partial charge is 0.504 e. The van der Waals surface area contributed by atoms with Crippen molar-refractivity contribution >= 4 is 15.9 Å². The van der Waals surface area contributed by atoms with Crippen molar-refractivity contribution in [2.24, 2.45) is 0 Å². The molecule has 3 rings (SSSR count). The van der Waals surface area contributed by atoms with Gasteiger partial charge in [0.05, 0.1) is 0 Å². The van der Waals surface area contributed by atoms with Crippen LogP contribution in [0.4, 0.5) is 0 Å². The molecule has 1 aliphatic rings. The van der Waals surface area contributed by atoms with Gasteiger partial charge in [-0.1, -0.05) is 40.2 Å². The molecule has 1 unspecified atom stereocenters. The molecule has 0 bridgehead atoms. The summed E-state index contributed by atoms with van der Waals surface area (Å²) in [7, 11) is 0. The van der Waals surface area contributed by atoms with Gasteiger partial charge in [-0.15, -0.1) is 6.58 Å². The number of hydrogen-bond donors (Lipinski definition) is 2. The van der Waals surface area contributed by atoms with Crippen LogP contribution in [0, 0.1) is 0 Å². The molecular formula is C19H20BrNO2. The summed E-state index contributed by atoms with van der Waals surface area (Å²) in [5, 5.41) is 19.8. The summed E-state index contributed by atoms with van der Waals surface area (Å²) >= 11 is 3.65. The molecule has 0 amide bonds. The van der Waals surface area contributed by atoms with E-state index in [2.05, 4.69) is 33.5 Å². The second-order valence-electron chi connectivity index (χ2n) is 5.91. The number of aromatic hydroxyl groups is 2. The number of hydrogen-bond acceptors (Lipinski definition) is 3. The van der Waals surface area contributed by atoms with E-state index in [0.29, 0.717) is 0 Å². The minimum absolute atomic E-state index is 0.0493. The average Bonchev–Trinajstić information content (AvgIpc) is 2.69. The Hall–Kier alpha value is -1.78. The lowest BCUT2D eigenvalue weighted by atomic mass is 9.87. The van der Waals surface area contributed by atoms with Crippen molar-refractivity contribution in [3.05, 3.63) is 70.2 Å². The Morgan fingerprint density at radius 2 is 1.91 bits per heavy atom. The second kappa shape index (κ2) is 6.77. The van der Waals surface area contributed by atoms with E-state index in [9.17, 15) is 10.2 Å². The SMILES string of the molecule is C=CCN1CCc2cc(O)c(O)cc2C(c2ccccc2Br)C1. The van der Waals surface area contributed by atoms with Crippen LogP contribution in [-0.4, -0.2) is 34.7 Å². The number of fused-ring (bicyclic) bond motifs is 1. The zero-order chi connectivity index (χ0) is 16.4. The van der Waals surface area contributed by atoms with Gasteiger partial charge in [0.2, 0.25) is 0 Å². The third kappa shape index (κ3) is 3.28. The first-order valence-corrected chi connectivity index (χ1v) is 8.52. The van der Waals surface area contributed by atoms with Crippen LogP contribution in [0.5, 0.6) is 11.5 Å².